The summed E-state index contributed by atoms with van der Waals surface area (Å²) in [5.41, 5.74) is 0. The fourth-order valence-corrected chi connectivity index (χ4v) is 0. The van der Waals surface area contributed by atoms with E-state index in [0.717, 1.165) is 0 Å². The minimum atomic E-state index is -0.324. The van der Waals surface area contributed by atoms with Gasteiger partial charge in [0, 0.05) is 40.5 Å². The van der Waals surface area contributed by atoms with Crippen molar-refractivity contribution in [3.05, 3.63) is 0 Å². The van der Waals surface area contributed by atoms with E-state index in [1.165, 1.54) is 0 Å². The van der Waals surface area contributed by atoms with E-state index in [0.29, 0.717) is 0 Å². The SMILES string of the molecule is [Be+2].[Cs+].[Ga+3].[GeH4].[Hf+4].[In+3].[Li+].[Nb+2].[Pd+2].[Rb+].[Rh+3].[Ru].[Ta][Re]([Os])[Ir].[Ti+4].[Tl+].[V+3].[W].[Zr+4]. The molecule has 0 saturated carbocycles. The van der Waals surface area contributed by atoms with Crippen molar-refractivity contribution < 1.29 is 399 Å². The Morgan fingerprint density at radius 1 is 1.19 bits per heavy atom. The van der Waals surface area contributed by atoms with Crippen LogP contribution in [0.4, 0.5) is 0 Å². The largest absolute Gasteiger partial charge is 4.00 e. The molecule has 0 fully saturated rings. The first-order chi connectivity index (χ1) is 1.73. The van der Waals surface area contributed by atoms with Crippen LogP contribution in [-0.2, 0) is 253 Å². The van der Waals surface area contributed by atoms with Crippen LogP contribution in [0.5, 0.6) is 0 Å². The van der Waals surface area contributed by atoms with E-state index in [1.807, 2.05) is 0 Å². The van der Waals surface area contributed by atoms with Crippen molar-refractivity contribution in [2.75, 3.05) is 0 Å². The monoisotopic (exact) mass is 2410 g/mol. The Balaban J connectivity index is -0.000000000331. The molecule has 0 atom stereocenters. The van der Waals surface area contributed by atoms with Crippen LogP contribution in [-0.4, -0.2) is 101 Å². The summed E-state index contributed by atoms with van der Waals surface area (Å²) < 4.78 is 0. The second-order valence-electron chi connectivity index (χ2n) is 0.161. The van der Waals surface area contributed by atoms with Crippen LogP contribution in [0.25, 0.3) is 0 Å². The number of hydrogen-bond donors (Lipinski definition) is 0. The van der Waals surface area contributed by atoms with Crippen LogP contribution < -0.4 is 146 Å². The van der Waals surface area contributed by atoms with E-state index in [1.54, 1.807) is 18.1 Å². The van der Waals surface area contributed by atoms with Gasteiger partial charge in [0.1, 0.15) is 0 Å². The van der Waals surface area contributed by atoms with Crippen molar-refractivity contribution in [3.8, 4) is 0 Å². The average molecular weight is 2410 g/mol. The molecule has 0 aromatic heterocycles. The fourth-order valence-electron chi connectivity index (χ4n) is 0. The fraction of sp³-hybridized carbons (Fsp3) is 0. The summed E-state index contributed by atoms with van der Waals surface area (Å²) in [6.45, 7) is 0. The quantitative estimate of drug-likeness (QED) is 0.212. The van der Waals surface area contributed by atoms with Crippen molar-refractivity contribution in [2.45, 2.75) is 0 Å². The van der Waals surface area contributed by atoms with Crippen molar-refractivity contribution in [3.63, 3.8) is 0 Å². The van der Waals surface area contributed by atoms with Gasteiger partial charge >= 0.3 is 459 Å². The van der Waals surface area contributed by atoms with Gasteiger partial charge < -0.3 is 0 Å². The molecule has 0 spiro atoms. The maximum atomic E-state index is 2.41. The smallest absolute Gasteiger partial charge is 0 e. The molecule has 0 saturated heterocycles. The zero-order valence-electron chi connectivity index (χ0n) is 10.8. The third kappa shape index (κ3) is 159. The van der Waals surface area contributed by atoms with Gasteiger partial charge in [-0.1, -0.05) is 0 Å². The van der Waals surface area contributed by atoms with Crippen LogP contribution in [0.3, 0.4) is 0 Å². The molecular formula is H4BeCsGaGeHfInIrLiNbOsPdRbReRhRuTaTiTlVWZr+34. The average Bonchev–Trinajstić information content (AvgIpc) is 0.811. The Bertz CT molecular complexity index is 97.0. The van der Waals surface area contributed by atoms with E-state index in [4.69, 9.17) is 0 Å². The normalized spacial score (nSPS) is 2.14. The molecule has 1 radical (unpaired) electrons. The summed E-state index contributed by atoms with van der Waals surface area (Å²) in [6, 6.07) is 0. The van der Waals surface area contributed by atoms with E-state index >= 15 is 0 Å². The summed E-state index contributed by atoms with van der Waals surface area (Å²) in [5, 5.41) is 0. The molecule has 0 aliphatic heterocycles. The van der Waals surface area contributed by atoms with Crippen molar-refractivity contribution in [2.24, 2.45) is 0 Å². The molecule has 0 aliphatic rings. The minimum Gasteiger partial charge on any atom is 0 e. The zero-order chi connectivity index (χ0) is 3.58. The molecule has 0 bridgehead atoms. The van der Waals surface area contributed by atoms with Crippen molar-refractivity contribution in [1.29, 1.82) is 0 Å². The van der Waals surface area contributed by atoms with Crippen LogP contribution in [0.15, 0.2) is 0 Å². The molecule has 0 heterocycles. The molecule has 0 aromatic rings. The van der Waals surface area contributed by atoms with Gasteiger partial charge in [-0.15, -0.1) is 0 Å². The summed E-state index contributed by atoms with van der Waals surface area (Å²) >= 11 is 6.36. The van der Waals surface area contributed by atoms with Gasteiger partial charge in [0.25, 0.3) is 0 Å². The second kappa shape index (κ2) is 121. The summed E-state index contributed by atoms with van der Waals surface area (Å²) in [6.07, 6.45) is 0. The van der Waals surface area contributed by atoms with Gasteiger partial charge in [-0.3, -0.25) is 0 Å². The number of rotatable bonds is 0. The van der Waals surface area contributed by atoms with Gasteiger partial charge in [0.15, 0.2) is 0 Å². The summed E-state index contributed by atoms with van der Waals surface area (Å²) in [7, 11) is -0.324. The van der Waals surface area contributed by atoms with E-state index in [2.05, 4.69) is 32.0 Å². The maximum Gasteiger partial charge on any atom is 4.00 e. The first-order valence-corrected chi connectivity index (χ1v) is 28.7. The van der Waals surface area contributed by atoms with E-state index in [9.17, 15) is 0 Å². The summed E-state index contributed by atoms with van der Waals surface area (Å²) in [5.74, 6) is 0. The van der Waals surface area contributed by atoms with Crippen LogP contribution in [0.1, 0.15) is 0 Å². The van der Waals surface area contributed by atoms with Crippen LogP contribution >= 0.6 is 0 Å². The van der Waals surface area contributed by atoms with Crippen LogP contribution in [0, 0.1) is 0 Å². The topological polar surface area (TPSA) is 0 Å². The molecule has 72 valence electrons. The Kier molecular flexibility index (Phi) is 752. The Hall–Kier alpha value is 16.7. The van der Waals surface area contributed by atoms with Gasteiger partial charge in [-0.25, -0.2) is 0 Å². The predicted octanol–water partition coefficient (Wildman–Crippen LogP) is -12.0. The van der Waals surface area contributed by atoms with Gasteiger partial charge in [-0.2, -0.15) is 0 Å². The molecule has 0 amide bonds. The van der Waals surface area contributed by atoms with Crippen molar-refractivity contribution in [1.82, 2.24) is 0 Å². The van der Waals surface area contributed by atoms with Gasteiger partial charge in [0.05, 0.1) is 0 Å². The Morgan fingerprint density at radius 3 is 1.19 bits per heavy atom. The molecule has 0 N–H and O–H groups in total. The predicted molar refractivity (Wildman–Crippen MR) is 34.4 cm³/mol. The molecule has 0 nitrogen and oxygen atoms in total. The third-order valence-corrected chi connectivity index (χ3v) is 0. The van der Waals surface area contributed by atoms with E-state index in [-0.39, 0.29) is 450 Å². The zero-order valence-corrected chi connectivity index (χ0v) is 62.1. The van der Waals surface area contributed by atoms with Crippen LogP contribution in [0.2, 0.25) is 0 Å². The standard InChI is InChI=1S/Be.Cs.Ga.GeH4.Hf.In.Ir.Li.Nb.Os.Pd.Rb.Re.Rh.Ru.Ta.Ti.Tl.V.W.Zr/h;;;1H4;;;;;;;;;;;;;;;;;/q+2;+1;+3;;+4;+3;;+1;+2;;+2;+1;;+3;;;+4;+1;+3;;+4. The molecule has 0 aromatic carbocycles. The number of hydrogen-bond acceptors (Lipinski definition) is 0. The first-order valence-electron chi connectivity index (χ1n) is 0.429. The third-order valence-electron chi connectivity index (χ3n) is 0. The first kappa shape index (κ1) is 131. The second-order valence-corrected chi connectivity index (χ2v) is 88.1. The molecule has 21 heavy (non-hydrogen) atoms. The minimum absolute atomic E-state index is 0. The summed E-state index contributed by atoms with van der Waals surface area (Å²) in [4.78, 5) is 0. The van der Waals surface area contributed by atoms with Gasteiger partial charge in [0.2, 0.25) is 0 Å². The maximum absolute atomic E-state index is 2.41. The molecule has 0 aliphatic carbocycles. The molecule has 21 heteroatoms. The van der Waals surface area contributed by atoms with E-state index < -0.39 is 0 Å². The molecule has 0 unspecified atom stereocenters. The van der Waals surface area contributed by atoms with Crippen molar-refractivity contribution >= 4 is 101 Å². The molecule has 0 rings (SSSR count). The van der Waals surface area contributed by atoms with Gasteiger partial charge in [-0.05, 0) is 0 Å². The molecular weight excluding hydrogens is 2400 g/mol. The Labute approximate surface area is 482 Å². The Morgan fingerprint density at radius 2 is 1.19 bits per heavy atom.